The van der Waals surface area contributed by atoms with E-state index < -0.39 is 0 Å². The van der Waals surface area contributed by atoms with Gasteiger partial charge in [0.15, 0.2) is 0 Å². The molecule has 0 fully saturated rings. The molecule has 0 unspecified atom stereocenters. The highest BCUT2D eigenvalue weighted by Gasteiger charge is 2.07. The zero-order valence-electron chi connectivity index (χ0n) is 7.82. The largest absolute Gasteiger partial charge is 0.286 e. The van der Waals surface area contributed by atoms with Crippen molar-refractivity contribution in [1.82, 2.24) is 9.78 Å². The molecule has 0 radical (unpaired) electrons. The van der Waals surface area contributed by atoms with Crippen molar-refractivity contribution in [1.29, 1.82) is 0 Å². The predicted molar refractivity (Wildman–Crippen MR) is 65.2 cm³/mol. The van der Waals surface area contributed by atoms with Crippen LogP contribution >= 0.6 is 31.9 Å². The minimum Gasteiger partial charge on any atom is -0.266 e. The molecule has 0 atom stereocenters. The summed E-state index contributed by atoms with van der Waals surface area (Å²) in [6.07, 6.45) is 1.49. The molecule has 0 aliphatic heterocycles. The van der Waals surface area contributed by atoms with E-state index in [1.807, 2.05) is 0 Å². The SMILES string of the molecule is O=c1c(Br)c(Br)cnn1-c1ccc(F)cc1. The van der Waals surface area contributed by atoms with Crippen LogP contribution in [0.2, 0.25) is 0 Å². The Hall–Kier alpha value is -1.01. The first-order chi connectivity index (χ1) is 7.59. The molecule has 0 N–H and O–H groups in total. The van der Waals surface area contributed by atoms with Crippen LogP contribution in [-0.2, 0) is 0 Å². The van der Waals surface area contributed by atoms with Crippen molar-refractivity contribution in [2.75, 3.05) is 0 Å². The van der Waals surface area contributed by atoms with Gasteiger partial charge in [0.1, 0.15) is 10.3 Å². The van der Waals surface area contributed by atoms with Crippen molar-refractivity contribution in [3.63, 3.8) is 0 Å². The van der Waals surface area contributed by atoms with Gasteiger partial charge in [-0.05, 0) is 56.1 Å². The molecule has 0 aliphatic carbocycles. The van der Waals surface area contributed by atoms with Crippen LogP contribution in [-0.4, -0.2) is 9.78 Å². The van der Waals surface area contributed by atoms with E-state index in [0.717, 1.165) is 0 Å². The fourth-order valence-corrected chi connectivity index (χ4v) is 1.71. The highest BCUT2D eigenvalue weighted by atomic mass is 79.9. The topological polar surface area (TPSA) is 34.9 Å². The summed E-state index contributed by atoms with van der Waals surface area (Å²) >= 11 is 6.33. The van der Waals surface area contributed by atoms with Gasteiger partial charge in [-0.2, -0.15) is 9.78 Å². The Morgan fingerprint density at radius 1 is 1.19 bits per heavy atom. The Kier molecular flexibility index (Phi) is 3.20. The van der Waals surface area contributed by atoms with Crippen LogP contribution in [0.4, 0.5) is 4.39 Å². The Bertz CT molecular complexity index is 580. The molecule has 3 nitrogen and oxygen atoms in total. The summed E-state index contributed by atoms with van der Waals surface area (Å²) in [5.74, 6) is -0.354. The smallest absolute Gasteiger partial charge is 0.266 e. The van der Waals surface area contributed by atoms with Crippen LogP contribution in [0.15, 0.2) is 44.2 Å². The first kappa shape index (κ1) is 11.5. The number of benzene rings is 1. The number of hydrogen-bond acceptors (Lipinski definition) is 2. The third-order valence-electron chi connectivity index (χ3n) is 1.95. The van der Waals surface area contributed by atoms with Gasteiger partial charge in [0, 0.05) is 0 Å². The van der Waals surface area contributed by atoms with E-state index in [-0.39, 0.29) is 11.4 Å². The molecule has 82 valence electrons. The third kappa shape index (κ3) is 2.08. The van der Waals surface area contributed by atoms with Crippen molar-refractivity contribution in [2.24, 2.45) is 0 Å². The molecule has 0 saturated heterocycles. The Morgan fingerprint density at radius 2 is 1.81 bits per heavy atom. The minimum absolute atomic E-state index is 0.305. The maximum Gasteiger partial charge on any atom is 0.286 e. The monoisotopic (exact) mass is 346 g/mol. The summed E-state index contributed by atoms with van der Waals surface area (Å²) in [7, 11) is 0. The molecule has 0 spiro atoms. The van der Waals surface area contributed by atoms with Crippen LogP contribution in [0.25, 0.3) is 5.69 Å². The molecule has 1 aromatic heterocycles. The quantitative estimate of drug-likeness (QED) is 0.795. The average molecular weight is 348 g/mol. The lowest BCUT2D eigenvalue weighted by molar-refractivity contribution is 0.626. The zero-order chi connectivity index (χ0) is 11.7. The number of aromatic nitrogens is 2. The molecule has 0 aliphatic rings. The minimum atomic E-state index is -0.354. The number of nitrogens with zero attached hydrogens (tertiary/aromatic N) is 2. The first-order valence-electron chi connectivity index (χ1n) is 4.29. The number of rotatable bonds is 1. The van der Waals surface area contributed by atoms with Crippen molar-refractivity contribution in [3.8, 4) is 5.69 Å². The van der Waals surface area contributed by atoms with Crippen LogP contribution in [0.3, 0.4) is 0 Å². The molecular formula is C10H5Br2FN2O. The van der Waals surface area contributed by atoms with E-state index in [9.17, 15) is 9.18 Å². The van der Waals surface area contributed by atoms with E-state index in [4.69, 9.17) is 0 Å². The predicted octanol–water partition coefficient (Wildman–Crippen LogP) is 2.90. The summed E-state index contributed by atoms with van der Waals surface area (Å²) in [6.45, 7) is 0. The van der Waals surface area contributed by atoms with Gasteiger partial charge in [-0.3, -0.25) is 4.79 Å². The standard InChI is InChI=1S/C10H5Br2FN2O/c11-8-5-14-15(10(16)9(8)12)7-3-1-6(13)2-4-7/h1-5H. The molecule has 2 rings (SSSR count). The maximum absolute atomic E-state index is 12.7. The van der Waals surface area contributed by atoms with Crippen LogP contribution in [0.1, 0.15) is 0 Å². The summed E-state index contributed by atoms with van der Waals surface area (Å²) in [6, 6.07) is 5.53. The van der Waals surface area contributed by atoms with Crippen molar-refractivity contribution < 1.29 is 4.39 Å². The highest BCUT2D eigenvalue weighted by molar-refractivity contribution is 9.13. The lowest BCUT2D eigenvalue weighted by Crippen LogP contribution is -2.21. The highest BCUT2D eigenvalue weighted by Crippen LogP contribution is 2.17. The van der Waals surface area contributed by atoms with E-state index in [1.165, 1.54) is 35.1 Å². The third-order valence-corrected chi connectivity index (χ3v) is 3.85. The van der Waals surface area contributed by atoms with Crippen molar-refractivity contribution in [2.45, 2.75) is 0 Å². The Morgan fingerprint density at radius 3 is 2.44 bits per heavy atom. The van der Waals surface area contributed by atoms with Crippen LogP contribution in [0, 0.1) is 5.82 Å². The van der Waals surface area contributed by atoms with E-state index >= 15 is 0 Å². The van der Waals surface area contributed by atoms with Crippen LogP contribution in [0.5, 0.6) is 0 Å². The summed E-state index contributed by atoms with van der Waals surface area (Å²) in [4.78, 5) is 11.8. The molecule has 0 saturated carbocycles. The van der Waals surface area contributed by atoms with E-state index in [0.29, 0.717) is 14.6 Å². The van der Waals surface area contributed by atoms with E-state index in [1.54, 1.807) is 0 Å². The Labute approximate surface area is 107 Å². The molecule has 1 aromatic carbocycles. The van der Waals surface area contributed by atoms with Crippen LogP contribution < -0.4 is 5.56 Å². The average Bonchev–Trinajstić information content (AvgIpc) is 2.28. The lowest BCUT2D eigenvalue weighted by Gasteiger charge is -2.05. The summed E-state index contributed by atoms with van der Waals surface area (Å²) < 4.78 is 14.9. The van der Waals surface area contributed by atoms with Gasteiger partial charge in [0.05, 0.1) is 16.4 Å². The number of halogens is 3. The van der Waals surface area contributed by atoms with Crippen molar-refractivity contribution >= 4 is 31.9 Å². The second kappa shape index (κ2) is 4.47. The van der Waals surface area contributed by atoms with Gasteiger partial charge >= 0.3 is 0 Å². The second-order valence-electron chi connectivity index (χ2n) is 3.00. The van der Waals surface area contributed by atoms with Gasteiger partial charge in [0.25, 0.3) is 5.56 Å². The molecule has 16 heavy (non-hydrogen) atoms. The van der Waals surface area contributed by atoms with E-state index in [2.05, 4.69) is 37.0 Å². The first-order valence-corrected chi connectivity index (χ1v) is 5.87. The van der Waals surface area contributed by atoms with Crippen molar-refractivity contribution in [3.05, 3.63) is 55.6 Å². The van der Waals surface area contributed by atoms with Gasteiger partial charge < -0.3 is 0 Å². The second-order valence-corrected chi connectivity index (χ2v) is 4.65. The van der Waals surface area contributed by atoms with Gasteiger partial charge in [-0.25, -0.2) is 4.39 Å². The summed E-state index contributed by atoms with van der Waals surface area (Å²) in [5, 5.41) is 3.94. The molecular weight excluding hydrogens is 343 g/mol. The Balaban J connectivity index is 2.61. The summed E-state index contributed by atoms with van der Waals surface area (Å²) in [5.41, 5.74) is 0.209. The molecule has 1 heterocycles. The fraction of sp³-hybridized carbons (Fsp3) is 0. The maximum atomic E-state index is 12.7. The lowest BCUT2D eigenvalue weighted by atomic mass is 10.3. The fourth-order valence-electron chi connectivity index (χ4n) is 1.18. The molecule has 0 amide bonds. The molecule has 0 bridgehead atoms. The normalized spacial score (nSPS) is 10.4. The molecule has 2 aromatic rings. The number of hydrogen-bond donors (Lipinski definition) is 0. The van der Waals surface area contributed by atoms with Gasteiger partial charge in [-0.1, -0.05) is 0 Å². The molecule has 6 heteroatoms. The van der Waals surface area contributed by atoms with Gasteiger partial charge in [0.2, 0.25) is 0 Å². The van der Waals surface area contributed by atoms with Gasteiger partial charge in [-0.15, -0.1) is 0 Å². The zero-order valence-corrected chi connectivity index (χ0v) is 11.0.